The maximum atomic E-state index is 6.76. The van der Waals surface area contributed by atoms with E-state index in [2.05, 4.69) is 52.1 Å². The van der Waals surface area contributed by atoms with Crippen molar-refractivity contribution in [3.05, 3.63) is 35.4 Å². The Morgan fingerprint density at radius 1 is 1.00 bits per heavy atom. The summed E-state index contributed by atoms with van der Waals surface area (Å²) in [5.41, 5.74) is 3.11. The average Bonchev–Trinajstić information content (AvgIpc) is 2.63. The van der Waals surface area contributed by atoms with Gasteiger partial charge in [0.1, 0.15) is 13.1 Å². The Morgan fingerprint density at radius 2 is 1.64 bits per heavy atom. The standard InChI is InChI=1S/C22H40NOSi/c1-5-8-18-25(7-3,19-9-6-2)24-17-16-23(4)15-14-21-12-10-11-13-22(21)20-23/h10-13H,5-9,14-20H2,1-4H3/q+1. The summed E-state index contributed by atoms with van der Waals surface area (Å²) in [5, 5.41) is 0. The van der Waals surface area contributed by atoms with Crippen LogP contribution in [0.15, 0.2) is 24.3 Å². The summed E-state index contributed by atoms with van der Waals surface area (Å²) >= 11 is 0. The largest absolute Gasteiger partial charge is 0.411 e. The zero-order valence-electron chi connectivity index (χ0n) is 17.2. The van der Waals surface area contributed by atoms with Crippen LogP contribution in [0.1, 0.15) is 57.6 Å². The van der Waals surface area contributed by atoms with Crippen molar-refractivity contribution >= 4 is 8.32 Å². The quantitative estimate of drug-likeness (QED) is 0.358. The minimum Gasteiger partial charge on any atom is -0.411 e. The second-order valence-corrected chi connectivity index (χ2v) is 12.7. The summed E-state index contributed by atoms with van der Waals surface area (Å²) in [6.45, 7) is 11.6. The second-order valence-electron chi connectivity index (χ2n) is 8.34. The molecule has 0 saturated heterocycles. The first-order valence-corrected chi connectivity index (χ1v) is 13.1. The zero-order chi connectivity index (χ0) is 18.2. The predicted octanol–water partition coefficient (Wildman–Crippen LogP) is 5.77. The van der Waals surface area contributed by atoms with Crippen molar-refractivity contribution in [3.8, 4) is 0 Å². The molecule has 0 fully saturated rings. The van der Waals surface area contributed by atoms with Crippen LogP contribution in [0.2, 0.25) is 18.1 Å². The molecule has 0 radical (unpaired) electrons. The van der Waals surface area contributed by atoms with E-state index in [0.29, 0.717) is 0 Å². The van der Waals surface area contributed by atoms with Gasteiger partial charge in [0.15, 0.2) is 8.32 Å². The molecule has 142 valence electrons. The fourth-order valence-electron chi connectivity index (χ4n) is 4.23. The van der Waals surface area contributed by atoms with Crippen LogP contribution in [-0.4, -0.2) is 39.5 Å². The molecule has 0 bridgehead atoms. The van der Waals surface area contributed by atoms with Gasteiger partial charge in [-0.2, -0.15) is 0 Å². The smallest absolute Gasteiger partial charge is 0.192 e. The first kappa shape index (κ1) is 20.7. The third-order valence-electron chi connectivity index (χ3n) is 6.25. The Morgan fingerprint density at radius 3 is 2.24 bits per heavy atom. The van der Waals surface area contributed by atoms with E-state index in [0.717, 1.165) is 11.1 Å². The van der Waals surface area contributed by atoms with E-state index in [4.69, 9.17) is 4.43 Å². The van der Waals surface area contributed by atoms with Crippen LogP contribution in [0.25, 0.3) is 0 Å². The van der Waals surface area contributed by atoms with Crippen molar-refractivity contribution < 1.29 is 8.91 Å². The highest BCUT2D eigenvalue weighted by Gasteiger charge is 2.34. The monoisotopic (exact) mass is 362 g/mol. The molecule has 0 aromatic heterocycles. The van der Waals surface area contributed by atoms with Crippen LogP contribution in [-0.2, 0) is 17.4 Å². The summed E-state index contributed by atoms with van der Waals surface area (Å²) in [7, 11) is 0.913. The molecule has 1 aromatic carbocycles. The van der Waals surface area contributed by atoms with Crippen LogP contribution in [0.4, 0.5) is 0 Å². The van der Waals surface area contributed by atoms with Gasteiger partial charge in [-0.15, -0.1) is 0 Å². The first-order valence-electron chi connectivity index (χ1n) is 10.6. The van der Waals surface area contributed by atoms with E-state index in [1.165, 1.54) is 69.9 Å². The van der Waals surface area contributed by atoms with Crippen LogP contribution in [0.3, 0.4) is 0 Å². The number of fused-ring (bicyclic) bond motifs is 1. The number of quaternary nitrogens is 1. The molecule has 2 rings (SSSR count). The summed E-state index contributed by atoms with van der Waals surface area (Å²) in [4.78, 5) is 0. The van der Waals surface area contributed by atoms with Gasteiger partial charge in [-0.3, -0.25) is 0 Å². The number of nitrogens with zero attached hydrogens (tertiary/aromatic N) is 1. The highest BCUT2D eigenvalue weighted by atomic mass is 28.4. The predicted molar refractivity (Wildman–Crippen MR) is 111 cm³/mol. The molecular weight excluding hydrogens is 322 g/mol. The zero-order valence-corrected chi connectivity index (χ0v) is 18.2. The summed E-state index contributed by atoms with van der Waals surface area (Å²) in [6, 6.07) is 13.0. The van der Waals surface area contributed by atoms with Gasteiger partial charge in [-0.1, -0.05) is 70.7 Å². The van der Waals surface area contributed by atoms with Gasteiger partial charge >= 0.3 is 0 Å². The van der Waals surface area contributed by atoms with Crippen molar-refractivity contribution in [3.63, 3.8) is 0 Å². The molecule has 0 aliphatic carbocycles. The van der Waals surface area contributed by atoms with Crippen molar-refractivity contribution in [2.24, 2.45) is 0 Å². The molecule has 1 aliphatic heterocycles. The lowest BCUT2D eigenvalue weighted by Gasteiger charge is -2.40. The van der Waals surface area contributed by atoms with Gasteiger partial charge in [0.25, 0.3) is 0 Å². The lowest BCUT2D eigenvalue weighted by molar-refractivity contribution is -0.924. The van der Waals surface area contributed by atoms with Crippen LogP contribution < -0.4 is 0 Å². The average molecular weight is 363 g/mol. The molecule has 1 atom stereocenters. The molecule has 0 N–H and O–H groups in total. The third-order valence-corrected chi connectivity index (χ3v) is 10.9. The molecule has 3 heteroatoms. The van der Waals surface area contributed by atoms with E-state index in [-0.39, 0.29) is 0 Å². The van der Waals surface area contributed by atoms with E-state index < -0.39 is 8.32 Å². The molecule has 0 saturated carbocycles. The minimum atomic E-state index is -1.51. The van der Waals surface area contributed by atoms with Crippen molar-refractivity contribution in [2.45, 2.75) is 77.6 Å². The molecule has 1 unspecified atom stereocenters. The Bertz CT molecular complexity index is 511. The first-order chi connectivity index (χ1) is 12.1. The SMILES string of the molecule is CCCC[Si](CC)(CCCC)OCC[N+]1(C)CCc2ccccc2C1. The lowest BCUT2D eigenvalue weighted by atomic mass is 9.98. The van der Waals surface area contributed by atoms with Crippen LogP contribution >= 0.6 is 0 Å². The van der Waals surface area contributed by atoms with Crippen LogP contribution in [0, 0.1) is 0 Å². The Kier molecular flexibility index (Phi) is 8.18. The molecule has 1 heterocycles. The number of benzene rings is 1. The van der Waals surface area contributed by atoms with E-state index in [1.54, 1.807) is 11.1 Å². The number of rotatable bonds is 11. The maximum absolute atomic E-state index is 6.76. The fourth-order valence-corrected chi connectivity index (χ4v) is 8.20. The minimum absolute atomic E-state index is 0.964. The van der Waals surface area contributed by atoms with Gasteiger partial charge in [-0.25, -0.2) is 0 Å². The Hall–Kier alpha value is -0.643. The highest BCUT2D eigenvalue weighted by molar-refractivity contribution is 6.73. The normalized spacial score (nSPS) is 20.5. The number of likely N-dealkylation sites (N-methyl/N-ethyl adjacent to an activating group) is 1. The second kappa shape index (κ2) is 9.89. The Labute approximate surface area is 157 Å². The van der Waals surface area contributed by atoms with Gasteiger partial charge in [0.2, 0.25) is 0 Å². The van der Waals surface area contributed by atoms with Crippen LogP contribution in [0.5, 0.6) is 0 Å². The fraction of sp³-hybridized carbons (Fsp3) is 0.727. The third kappa shape index (κ3) is 5.94. The summed E-state index contributed by atoms with van der Waals surface area (Å²) in [6.07, 6.45) is 6.52. The lowest BCUT2D eigenvalue weighted by Crippen LogP contribution is -2.51. The molecule has 1 aliphatic rings. The molecule has 0 amide bonds. The van der Waals surface area contributed by atoms with E-state index >= 15 is 0 Å². The number of hydrogen-bond donors (Lipinski definition) is 0. The van der Waals surface area contributed by atoms with E-state index in [9.17, 15) is 0 Å². The molecule has 2 nitrogen and oxygen atoms in total. The van der Waals surface area contributed by atoms with Crippen molar-refractivity contribution in [1.29, 1.82) is 0 Å². The van der Waals surface area contributed by atoms with Gasteiger partial charge in [0, 0.05) is 12.0 Å². The van der Waals surface area contributed by atoms with Gasteiger partial charge < -0.3 is 8.91 Å². The van der Waals surface area contributed by atoms with Gasteiger partial charge in [-0.05, 0) is 23.7 Å². The van der Waals surface area contributed by atoms with Crippen molar-refractivity contribution in [2.75, 3.05) is 26.7 Å². The summed E-state index contributed by atoms with van der Waals surface area (Å²) < 4.78 is 7.91. The summed E-state index contributed by atoms with van der Waals surface area (Å²) in [5.74, 6) is 0. The van der Waals surface area contributed by atoms with E-state index in [1.807, 2.05) is 0 Å². The van der Waals surface area contributed by atoms with Crippen molar-refractivity contribution in [1.82, 2.24) is 0 Å². The van der Waals surface area contributed by atoms with Gasteiger partial charge in [0.05, 0.1) is 20.2 Å². The Balaban J connectivity index is 1.92. The molecule has 1 aromatic rings. The number of hydrogen-bond acceptors (Lipinski definition) is 1. The molecular formula is C22H40NOSi+. The molecule has 25 heavy (non-hydrogen) atoms. The molecule has 0 spiro atoms. The highest BCUT2D eigenvalue weighted by Crippen LogP contribution is 2.28. The number of unbranched alkanes of at least 4 members (excludes halogenated alkanes) is 2. The maximum Gasteiger partial charge on any atom is 0.192 e. The topological polar surface area (TPSA) is 9.23 Å².